The molecule has 0 saturated carbocycles. The zero-order chi connectivity index (χ0) is 5.91. The van der Waals surface area contributed by atoms with Crippen molar-refractivity contribution >= 4 is 27.5 Å². The molecule has 0 aromatic carbocycles. The van der Waals surface area contributed by atoms with Crippen LogP contribution in [0.15, 0.2) is 0 Å². The molecule has 0 radical (unpaired) electrons. The highest BCUT2D eigenvalue weighted by atomic mass is 31.2. The first kappa shape index (κ1) is 8.25. The van der Waals surface area contributed by atoms with Crippen LogP contribution in [0.4, 0.5) is 0 Å². The van der Waals surface area contributed by atoms with Gasteiger partial charge in [0.15, 0.2) is 0 Å². The second-order valence-corrected chi connectivity index (χ2v) is 7.42. The summed E-state index contributed by atoms with van der Waals surface area (Å²) in [5.74, 6) is 0. The van der Waals surface area contributed by atoms with Crippen molar-refractivity contribution in [2.45, 2.75) is 6.92 Å². The summed E-state index contributed by atoms with van der Waals surface area (Å²) in [5.41, 5.74) is 0. The van der Waals surface area contributed by atoms with Crippen LogP contribution in [0.2, 0.25) is 0 Å². The van der Waals surface area contributed by atoms with Gasteiger partial charge in [0.1, 0.15) is 0 Å². The van der Waals surface area contributed by atoms with Crippen LogP contribution >= 0.6 is 27.5 Å². The van der Waals surface area contributed by atoms with Gasteiger partial charge in [0.2, 0.25) is 0 Å². The van der Waals surface area contributed by atoms with E-state index in [0.717, 1.165) is 12.5 Å². The minimum atomic E-state index is 0.955. The largest absolute Gasteiger partial charge is 0.296 e. The van der Waals surface area contributed by atoms with Crippen molar-refractivity contribution in [1.29, 1.82) is 0 Å². The molecule has 0 aliphatic heterocycles. The van der Waals surface area contributed by atoms with Crippen LogP contribution in [0, 0.1) is 0 Å². The van der Waals surface area contributed by atoms with E-state index in [1.54, 1.807) is 0 Å². The summed E-state index contributed by atoms with van der Waals surface area (Å²) in [4.78, 5) is 0. The summed E-state index contributed by atoms with van der Waals surface area (Å²) >= 11 is 0. The molecule has 0 rings (SSSR count). The maximum Gasteiger partial charge on any atom is 0.0902 e. The Morgan fingerprint density at radius 2 is 2.00 bits per heavy atom. The van der Waals surface area contributed by atoms with E-state index >= 15 is 0 Å². The van der Waals surface area contributed by atoms with Crippen molar-refractivity contribution in [3.8, 4) is 0 Å². The minimum absolute atomic E-state index is 0.955. The van der Waals surface area contributed by atoms with Crippen molar-refractivity contribution in [2.75, 3.05) is 13.2 Å². The maximum atomic E-state index is 2.75. The number of quaternary nitrogens is 1. The molecule has 0 aromatic heterocycles. The predicted molar refractivity (Wildman–Crippen MR) is 44.5 cm³/mol. The van der Waals surface area contributed by atoms with Crippen molar-refractivity contribution in [3.05, 3.63) is 0 Å². The van der Waals surface area contributed by atoms with Gasteiger partial charge in [-0.3, -0.25) is 3.79 Å². The standard InChI is InChI=1S/C3H13NP3/c1-3-7-4(2,5)6/h7H,3,5-6H2,1-2H3/q+1. The van der Waals surface area contributed by atoms with E-state index in [1.165, 1.54) is 6.16 Å². The first-order valence-electron chi connectivity index (χ1n) is 2.25. The average Bonchev–Trinajstić information content (AvgIpc) is 1.30. The number of hydrogen-bond donors (Lipinski definition) is 0. The molecule has 0 aliphatic rings. The molecule has 0 saturated heterocycles. The lowest BCUT2D eigenvalue weighted by molar-refractivity contribution is -0.463. The Bertz CT molecular complexity index is 48.6. The fourth-order valence-corrected chi connectivity index (χ4v) is 2.12. The lowest BCUT2D eigenvalue weighted by Gasteiger charge is -2.20. The summed E-state index contributed by atoms with van der Waals surface area (Å²) < 4.78 is 0.955. The summed E-state index contributed by atoms with van der Waals surface area (Å²) in [6.45, 7) is 2.20. The Kier molecular flexibility index (Phi) is 3.90. The Hall–Kier alpha value is 1.25. The first-order valence-corrected chi connectivity index (χ1v) is 4.43. The second-order valence-electron chi connectivity index (χ2n) is 1.66. The molecule has 0 aliphatic carbocycles. The highest BCUT2D eigenvalue weighted by Gasteiger charge is 2.03. The van der Waals surface area contributed by atoms with Gasteiger partial charge >= 0.3 is 0 Å². The first-order chi connectivity index (χ1) is 3.06. The molecule has 0 spiro atoms. The molecule has 3 atom stereocenters. The van der Waals surface area contributed by atoms with Gasteiger partial charge in [0.25, 0.3) is 0 Å². The number of hydrogen-bond acceptors (Lipinski definition) is 0. The third-order valence-electron chi connectivity index (χ3n) is 0.499. The Morgan fingerprint density at radius 1 is 1.57 bits per heavy atom. The third-order valence-corrected chi connectivity index (χ3v) is 2.59. The van der Waals surface area contributed by atoms with Crippen LogP contribution in [0.25, 0.3) is 0 Å². The molecule has 0 heterocycles. The van der Waals surface area contributed by atoms with Gasteiger partial charge in [-0.25, -0.2) is 0 Å². The van der Waals surface area contributed by atoms with Crippen molar-refractivity contribution in [3.63, 3.8) is 0 Å². The molecule has 0 amide bonds. The Labute approximate surface area is 52.2 Å². The van der Waals surface area contributed by atoms with E-state index in [1.807, 2.05) is 0 Å². The van der Waals surface area contributed by atoms with Gasteiger partial charge in [0, 0.05) is 6.16 Å². The third kappa shape index (κ3) is 7.25. The average molecular weight is 156 g/mol. The number of nitrogens with zero attached hydrogens (tertiary/aromatic N) is 1. The SMILES string of the molecule is CCP[N+](C)(P)P. The zero-order valence-electron chi connectivity index (χ0n) is 4.81. The van der Waals surface area contributed by atoms with Crippen LogP contribution in [0.3, 0.4) is 0 Å². The fourth-order valence-electron chi connectivity index (χ4n) is 0.341. The smallest absolute Gasteiger partial charge is 0.0902 e. The van der Waals surface area contributed by atoms with Crippen LogP contribution in [0.1, 0.15) is 6.92 Å². The normalized spacial score (nSPS) is 13.7. The molecule has 44 valence electrons. The van der Waals surface area contributed by atoms with E-state index in [2.05, 4.69) is 32.8 Å². The fraction of sp³-hybridized carbons (Fsp3) is 1.00. The van der Waals surface area contributed by atoms with E-state index in [-0.39, 0.29) is 0 Å². The van der Waals surface area contributed by atoms with Crippen molar-refractivity contribution < 1.29 is 3.79 Å². The van der Waals surface area contributed by atoms with Gasteiger partial charge in [0.05, 0.1) is 34.6 Å². The quantitative estimate of drug-likeness (QED) is 0.533. The molecule has 4 heteroatoms. The van der Waals surface area contributed by atoms with E-state index in [9.17, 15) is 0 Å². The summed E-state index contributed by atoms with van der Waals surface area (Å²) in [5, 5.41) is 0. The maximum absolute atomic E-state index is 2.75. The van der Waals surface area contributed by atoms with Crippen LogP contribution < -0.4 is 0 Å². The summed E-state index contributed by atoms with van der Waals surface area (Å²) in [7, 11) is 8.64. The highest BCUT2D eigenvalue weighted by Crippen LogP contribution is 2.36. The number of rotatable bonds is 2. The topological polar surface area (TPSA) is 0 Å². The zero-order valence-corrected chi connectivity index (χ0v) is 8.12. The lowest BCUT2D eigenvalue weighted by atomic mass is 11.0. The molecule has 7 heavy (non-hydrogen) atoms. The molecular formula is C3H13NP3+. The van der Waals surface area contributed by atoms with Crippen molar-refractivity contribution in [2.24, 2.45) is 0 Å². The molecule has 3 unspecified atom stereocenters. The van der Waals surface area contributed by atoms with Gasteiger partial charge in [-0.15, -0.1) is 0 Å². The molecule has 0 fully saturated rings. The van der Waals surface area contributed by atoms with E-state index in [4.69, 9.17) is 0 Å². The van der Waals surface area contributed by atoms with Gasteiger partial charge in [-0.1, -0.05) is 6.92 Å². The molecule has 0 N–H and O–H groups in total. The highest BCUT2D eigenvalue weighted by molar-refractivity contribution is 7.45. The predicted octanol–water partition coefficient (Wildman–Crippen LogP) is 1.63. The van der Waals surface area contributed by atoms with Crippen molar-refractivity contribution in [1.82, 2.24) is 0 Å². The lowest BCUT2D eigenvalue weighted by Crippen LogP contribution is -2.04. The summed E-state index contributed by atoms with van der Waals surface area (Å²) in [6, 6.07) is 0. The monoisotopic (exact) mass is 156 g/mol. The molecule has 0 aromatic rings. The molecule has 1 nitrogen and oxygen atoms in total. The van der Waals surface area contributed by atoms with Gasteiger partial charge < -0.3 is 0 Å². The second kappa shape index (κ2) is 3.31. The van der Waals surface area contributed by atoms with Crippen LogP contribution in [-0.4, -0.2) is 17.0 Å². The van der Waals surface area contributed by atoms with E-state index in [0.29, 0.717) is 0 Å². The van der Waals surface area contributed by atoms with E-state index < -0.39 is 0 Å². The Balaban J connectivity index is 3.15. The van der Waals surface area contributed by atoms with Gasteiger partial charge in [-0.2, -0.15) is 0 Å². The molecular weight excluding hydrogens is 143 g/mol. The Morgan fingerprint density at radius 3 is 2.00 bits per heavy atom. The minimum Gasteiger partial charge on any atom is -0.296 e. The van der Waals surface area contributed by atoms with Crippen LogP contribution in [0.5, 0.6) is 0 Å². The summed E-state index contributed by atoms with van der Waals surface area (Å²) in [6.07, 6.45) is 1.27. The van der Waals surface area contributed by atoms with Crippen LogP contribution in [-0.2, 0) is 0 Å². The molecule has 0 bridgehead atoms. The van der Waals surface area contributed by atoms with Gasteiger partial charge in [-0.05, 0) is 0 Å².